The van der Waals surface area contributed by atoms with E-state index in [2.05, 4.69) is 47.9 Å². The summed E-state index contributed by atoms with van der Waals surface area (Å²) in [5.74, 6) is 1.10. The SMILES string of the molecule is CC(C)(C)OC(=O)CCCC(=O)NCCN1CCC(Nc2nc(NCc3cn(CCCNCCCNC4CCCCC4)nn3)nc3ccccc23)CC1. The number of fused-ring (bicyclic) bond motifs is 1. The molecule has 0 unspecified atom stereocenters. The number of piperidine rings is 1. The first-order chi connectivity index (χ1) is 25.7. The van der Waals surface area contributed by atoms with Crippen molar-refractivity contribution >= 4 is 34.5 Å². The lowest BCUT2D eigenvalue weighted by molar-refractivity contribution is -0.154. The molecular formula is C39H63N11O3. The van der Waals surface area contributed by atoms with Gasteiger partial charge in [-0.05, 0) is 97.5 Å². The summed E-state index contributed by atoms with van der Waals surface area (Å²) in [5, 5.41) is 27.0. The van der Waals surface area contributed by atoms with Crippen LogP contribution in [0.4, 0.5) is 11.8 Å². The second kappa shape index (κ2) is 21.1. The third-order valence-electron chi connectivity index (χ3n) is 9.81. The Morgan fingerprint density at radius 2 is 1.66 bits per heavy atom. The van der Waals surface area contributed by atoms with Gasteiger partial charge in [0.1, 0.15) is 17.1 Å². The highest BCUT2D eigenvalue weighted by atomic mass is 16.6. The average Bonchev–Trinajstić information content (AvgIpc) is 3.60. The molecule has 5 rings (SSSR count). The van der Waals surface area contributed by atoms with Crippen LogP contribution in [0, 0.1) is 0 Å². The second-order valence-corrected chi connectivity index (χ2v) is 15.5. The molecule has 3 aromatic rings. The summed E-state index contributed by atoms with van der Waals surface area (Å²) in [4.78, 5) is 36.2. The number of nitrogens with one attached hydrogen (secondary N) is 5. The number of aryl methyl sites for hydroxylation is 1. The van der Waals surface area contributed by atoms with Crippen LogP contribution in [0.5, 0.6) is 0 Å². The maximum absolute atomic E-state index is 12.3. The van der Waals surface area contributed by atoms with E-state index in [0.29, 0.717) is 31.9 Å². The molecular weight excluding hydrogens is 671 g/mol. The minimum Gasteiger partial charge on any atom is -0.460 e. The molecule has 2 fully saturated rings. The highest BCUT2D eigenvalue weighted by Crippen LogP contribution is 2.25. The number of benzene rings is 1. The van der Waals surface area contributed by atoms with Crippen molar-refractivity contribution in [3.05, 3.63) is 36.2 Å². The molecule has 3 heterocycles. The normalized spacial score (nSPS) is 16.1. The zero-order valence-corrected chi connectivity index (χ0v) is 32.3. The second-order valence-electron chi connectivity index (χ2n) is 15.5. The van der Waals surface area contributed by atoms with Crippen molar-refractivity contribution in [3.8, 4) is 0 Å². The van der Waals surface area contributed by atoms with Crippen molar-refractivity contribution in [3.63, 3.8) is 0 Å². The molecule has 1 saturated carbocycles. The van der Waals surface area contributed by atoms with E-state index in [1.54, 1.807) is 0 Å². The molecule has 14 nitrogen and oxygen atoms in total. The Balaban J connectivity index is 0.976. The fraction of sp³-hybridized carbons (Fsp3) is 0.692. The number of amides is 1. The van der Waals surface area contributed by atoms with E-state index in [0.717, 1.165) is 100.0 Å². The number of nitrogens with zero attached hydrogens (tertiary/aromatic N) is 6. The van der Waals surface area contributed by atoms with Gasteiger partial charge in [-0.15, -0.1) is 5.10 Å². The van der Waals surface area contributed by atoms with Crippen LogP contribution in [0.15, 0.2) is 30.5 Å². The molecule has 2 aliphatic rings. The molecule has 1 aliphatic carbocycles. The van der Waals surface area contributed by atoms with E-state index in [1.165, 1.54) is 32.1 Å². The molecule has 5 N–H and O–H groups in total. The van der Waals surface area contributed by atoms with Gasteiger partial charge in [0.25, 0.3) is 0 Å². The van der Waals surface area contributed by atoms with Crippen LogP contribution in [0.1, 0.15) is 104 Å². The predicted octanol–water partition coefficient (Wildman–Crippen LogP) is 4.63. The molecule has 1 aromatic carbocycles. The van der Waals surface area contributed by atoms with Gasteiger partial charge in [-0.3, -0.25) is 14.3 Å². The molecule has 0 atom stereocenters. The first-order valence-electron chi connectivity index (χ1n) is 20.0. The van der Waals surface area contributed by atoms with Crippen molar-refractivity contribution in [2.24, 2.45) is 0 Å². The average molecular weight is 734 g/mol. The van der Waals surface area contributed by atoms with Crippen molar-refractivity contribution in [1.82, 2.24) is 45.8 Å². The van der Waals surface area contributed by atoms with E-state index in [1.807, 2.05) is 49.8 Å². The molecule has 0 spiro atoms. The van der Waals surface area contributed by atoms with Gasteiger partial charge in [0.2, 0.25) is 11.9 Å². The number of rotatable bonds is 21. The van der Waals surface area contributed by atoms with Gasteiger partial charge in [0, 0.05) is 63.0 Å². The third kappa shape index (κ3) is 14.8. The van der Waals surface area contributed by atoms with Gasteiger partial charge < -0.3 is 36.2 Å². The van der Waals surface area contributed by atoms with Crippen LogP contribution in [0.3, 0.4) is 0 Å². The molecule has 0 radical (unpaired) electrons. The van der Waals surface area contributed by atoms with Crippen molar-refractivity contribution in [2.75, 3.05) is 56.4 Å². The predicted molar refractivity (Wildman–Crippen MR) is 210 cm³/mol. The number of ether oxygens (including phenoxy) is 1. The van der Waals surface area contributed by atoms with Gasteiger partial charge >= 0.3 is 5.97 Å². The summed E-state index contributed by atoms with van der Waals surface area (Å²) in [6.45, 7) is 13.2. The maximum Gasteiger partial charge on any atom is 0.306 e. The van der Waals surface area contributed by atoms with Crippen LogP contribution in [0.2, 0.25) is 0 Å². The van der Waals surface area contributed by atoms with E-state index in [9.17, 15) is 9.59 Å². The van der Waals surface area contributed by atoms with Crippen LogP contribution in [0.25, 0.3) is 10.9 Å². The Morgan fingerprint density at radius 3 is 2.47 bits per heavy atom. The Bertz CT molecular complexity index is 1540. The van der Waals surface area contributed by atoms with Gasteiger partial charge in [0.05, 0.1) is 18.3 Å². The van der Waals surface area contributed by atoms with Crippen LogP contribution >= 0.6 is 0 Å². The molecule has 292 valence electrons. The number of carbonyl (C=O) groups excluding carboxylic acids is 2. The maximum atomic E-state index is 12.3. The lowest BCUT2D eigenvalue weighted by Crippen LogP contribution is -2.42. The molecule has 53 heavy (non-hydrogen) atoms. The molecule has 2 aromatic heterocycles. The molecule has 14 heteroatoms. The Labute approximate surface area is 315 Å². The van der Waals surface area contributed by atoms with Crippen LogP contribution < -0.4 is 26.6 Å². The van der Waals surface area contributed by atoms with Crippen LogP contribution in [-0.2, 0) is 27.4 Å². The molecule has 1 saturated heterocycles. The third-order valence-corrected chi connectivity index (χ3v) is 9.81. The van der Waals surface area contributed by atoms with E-state index in [4.69, 9.17) is 14.7 Å². The Morgan fingerprint density at radius 1 is 0.868 bits per heavy atom. The highest BCUT2D eigenvalue weighted by Gasteiger charge is 2.21. The number of hydrogen-bond donors (Lipinski definition) is 5. The fourth-order valence-corrected chi connectivity index (χ4v) is 7.00. The van der Waals surface area contributed by atoms with E-state index in [-0.39, 0.29) is 24.3 Å². The minimum absolute atomic E-state index is 0.0265. The Hall–Kier alpha value is -3.88. The number of esters is 1. The van der Waals surface area contributed by atoms with Crippen molar-refractivity contribution in [2.45, 2.75) is 129 Å². The minimum atomic E-state index is -0.501. The lowest BCUT2D eigenvalue weighted by Gasteiger charge is -2.32. The van der Waals surface area contributed by atoms with Gasteiger partial charge in [-0.25, -0.2) is 4.98 Å². The zero-order valence-electron chi connectivity index (χ0n) is 32.3. The number of anilines is 2. The summed E-state index contributed by atoms with van der Waals surface area (Å²) in [6.07, 6.45) is 14.0. The molecule has 1 aliphatic heterocycles. The zero-order chi connectivity index (χ0) is 37.3. The lowest BCUT2D eigenvalue weighted by atomic mass is 9.95. The number of hydrogen-bond acceptors (Lipinski definition) is 12. The quantitative estimate of drug-likeness (QED) is 0.0764. The number of likely N-dealkylation sites (tertiary alicyclic amines) is 1. The van der Waals surface area contributed by atoms with Crippen LogP contribution in [-0.4, -0.2) is 105 Å². The monoisotopic (exact) mass is 734 g/mol. The fourth-order valence-electron chi connectivity index (χ4n) is 7.00. The largest absolute Gasteiger partial charge is 0.460 e. The van der Waals surface area contributed by atoms with Crippen molar-refractivity contribution < 1.29 is 14.3 Å². The number of aromatic nitrogens is 5. The molecule has 0 bridgehead atoms. The molecule has 1 amide bonds. The number of para-hydroxylation sites is 1. The summed E-state index contributed by atoms with van der Waals surface area (Å²) in [5.41, 5.74) is 1.23. The Kier molecular flexibility index (Phi) is 16.1. The summed E-state index contributed by atoms with van der Waals surface area (Å²) in [7, 11) is 0. The summed E-state index contributed by atoms with van der Waals surface area (Å²) >= 11 is 0. The highest BCUT2D eigenvalue weighted by molar-refractivity contribution is 5.90. The van der Waals surface area contributed by atoms with Crippen molar-refractivity contribution in [1.29, 1.82) is 0 Å². The van der Waals surface area contributed by atoms with E-state index < -0.39 is 5.60 Å². The number of carbonyl (C=O) groups is 2. The summed E-state index contributed by atoms with van der Waals surface area (Å²) < 4.78 is 7.22. The standard InChI is InChI=1S/C39H63N11O3/c1-39(2,3)53-36(52)17-9-16-35(51)42-23-27-49-25-18-31(19-26-49)44-37-33-14-7-8-15-34(33)45-38(46-37)43-28-32-29-50(48-47-32)24-11-21-40-20-10-22-41-30-12-5-4-6-13-30/h7-8,14-15,29-31,40-41H,4-6,9-13,16-28H2,1-3H3,(H,42,51)(H2,43,44,45,46). The van der Waals surface area contributed by atoms with E-state index >= 15 is 0 Å². The van der Waals surface area contributed by atoms with Gasteiger partial charge in [0.15, 0.2) is 0 Å². The van der Waals surface area contributed by atoms with Gasteiger partial charge in [-0.2, -0.15) is 4.98 Å². The first kappa shape index (κ1) is 40.3. The topological polar surface area (TPSA) is 163 Å². The summed E-state index contributed by atoms with van der Waals surface area (Å²) in [6, 6.07) is 9.10. The van der Waals surface area contributed by atoms with Gasteiger partial charge in [-0.1, -0.05) is 36.6 Å². The smallest absolute Gasteiger partial charge is 0.306 e. The first-order valence-corrected chi connectivity index (χ1v) is 20.0.